The van der Waals surface area contributed by atoms with Crippen LogP contribution in [0.3, 0.4) is 0 Å². The number of halogens is 1. The second kappa shape index (κ2) is 8.70. The minimum atomic E-state index is -0.688. The molecule has 0 fully saturated rings. The number of esters is 1. The van der Waals surface area contributed by atoms with E-state index < -0.39 is 12.0 Å². The van der Waals surface area contributed by atoms with Crippen LogP contribution in [0.25, 0.3) is 11.4 Å². The van der Waals surface area contributed by atoms with E-state index in [0.29, 0.717) is 12.2 Å². The van der Waals surface area contributed by atoms with Crippen LogP contribution >= 0.6 is 15.9 Å². The van der Waals surface area contributed by atoms with Gasteiger partial charge in [0.2, 0.25) is 11.7 Å². The number of tetrazole rings is 1. The van der Waals surface area contributed by atoms with E-state index in [4.69, 9.17) is 4.74 Å². The second-order valence-corrected chi connectivity index (χ2v) is 6.84. The molecular weight excluding hydrogens is 390 g/mol. The molecule has 1 amide bonds. The molecule has 25 heavy (non-hydrogen) atoms. The minimum absolute atomic E-state index is 0.130. The van der Waals surface area contributed by atoms with Gasteiger partial charge in [0.05, 0.1) is 7.11 Å². The lowest BCUT2D eigenvalue weighted by Gasteiger charge is -2.17. The normalized spacial score (nSPS) is 12.0. The van der Waals surface area contributed by atoms with Crippen molar-refractivity contribution in [1.29, 1.82) is 0 Å². The number of benzene rings is 1. The van der Waals surface area contributed by atoms with E-state index in [1.807, 2.05) is 38.1 Å². The molecule has 0 saturated carbocycles. The third kappa shape index (κ3) is 5.63. The van der Waals surface area contributed by atoms with Crippen molar-refractivity contribution < 1.29 is 14.3 Å². The highest BCUT2D eigenvalue weighted by molar-refractivity contribution is 9.10. The maximum Gasteiger partial charge on any atom is 0.328 e. The highest BCUT2D eigenvalue weighted by Gasteiger charge is 2.23. The molecule has 2 aromatic rings. The van der Waals surface area contributed by atoms with Crippen molar-refractivity contribution in [3.8, 4) is 11.4 Å². The molecule has 0 bridgehead atoms. The number of carbonyl (C=O) groups excluding carboxylic acids is 2. The van der Waals surface area contributed by atoms with Crippen LogP contribution in [0.15, 0.2) is 28.7 Å². The summed E-state index contributed by atoms with van der Waals surface area (Å²) in [4.78, 5) is 25.1. The van der Waals surface area contributed by atoms with E-state index in [1.54, 1.807) is 0 Å². The zero-order valence-electron chi connectivity index (χ0n) is 14.3. The Morgan fingerprint density at radius 1 is 1.28 bits per heavy atom. The molecule has 0 unspecified atom stereocenters. The first-order valence-electron chi connectivity index (χ1n) is 7.80. The standard InChI is InChI=1S/C16H20BrN5O3/c1-10(2)8-13(16(24)25-3)18-14(23)9-22-20-15(19-21-22)11-4-6-12(17)7-5-11/h4-7,10,13H,8-9H2,1-3H3,(H,18,23)/t13-/m0/s1. The summed E-state index contributed by atoms with van der Waals surface area (Å²) in [7, 11) is 1.30. The minimum Gasteiger partial charge on any atom is -0.467 e. The Labute approximate surface area is 154 Å². The summed E-state index contributed by atoms with van der Waals surface area (Å²) < 4.78 is 5.67. The van der Waals surface area contributed by atoms with Crippen molar-refractivity contribution in [3.05, 3.63) is 28.7 Å². The third-order valence-electron chi connectivity index (χ3n) is 3.37. The van der Waals surface area contributed by atoms with Gasteiger partial charge in [-0.25, -0.2) is 4.79 Å². The number of rotatable bonds is 7. The van der Waals surface area contributed by atoms with Gasteiger partial charge in [0, 0.05) is 10.0 Å². The largest absolute Gasteiger partial charge is 0.467 e. The summed E-state index contributed by atoms with van der Waals surface area (Å²) >= 11 is 3.36. The van der Waals surface area contributed by atoms with Crippen molar-refractivity contribution in [2.75, 3.05) is 7.11 Å². The predicted molar refractivity (Wildman–Crippen MR) is 94.4 cm³/mol. The molecule has 2 rings (SSSR count). The molecule has 0 aliphatic rings. The van der Waals surface area contributed by atoms with Gasteiger partial charge in [0.15, 0.2) is 0 Å². The second-order valence-electron chi connectivity index (χ2n) is 5.92. The molecule has 0 saturated heterocycles. The number of hydrogen-bond acceptors (Lipinski definition) is 6. The maximum absolute atomic E-state index is 12.2. The van der Waals surface area contributed by atoms with Gasteiger partial charge < -0.3 is 10.1 Å². The molecule has 8 nitrogen and oxygen atoms in total. The maximum atomic E-state index is 12.2. The number of nitrogens with zero attached hydrogens (tertiary/aromatic N) is 4. The topological polar surface area (TPSA) is 99.0 Å². The molecule has 1 atom stereocenters. The number of ether oxygens (including phenoxy) is 1. The smallest absolute Gasteiger partial charge is 0.328 e. The highest BCUT2D eigenvalue weighted by atomic mass is 79.9. The van der Waals surface area contributed by atoms with Gasteiger partial charge in [0.25, 0.3) is 0 Å². The Bertz CT molecular complexity index is 730. The van der Waals surface area contributed by atoms with E-state index in [9.17, 15) is 9.59 Å². The van der Waals surface area contributed by atoms with E-state index in [-0.39, 0.29) is 18.4 Å². The fraction of sp³-hybridized carbons (Fsp3) is 0.438. The van der Waals surface area contributed by atoms with Crippen molar-refractivity contribution in [1.82, 2.24) is 25.5 Å². The number of nitrogens with one attached hydrogen (secondary N) is 1. The van der Waals surface area contributed by atoms with Gasteiger partial charge in [-0.3, -0.25) is 4.79 Å². The molecule has 9 heteroatoms. The number of aromatic nitrogens is 4. The molecule has 1 heterocycles. The lowest BCUT2D eigenvalue weighted by atomic mass is 10.0. The van der Waals surface area contributed by atoms with Crippen LogP contribution in [0.4, 0.5) is 0 Å². The molecule has 0 aliphatic heterocycles. The van der Waals surface area contributed by atoms with Gasteiger partial charge >= 0.3 is 5.97 Å². The van der Waals surface area contributed by atoms with E-state index in [0.717, 1.165) is 10.0 Å². The summed E-state index contributed by atoms with van der Waals surface area (Å²) in [6, 6.07) is 6.75. The molecule has 1 N–H and O–H groups in total. The molecule has 1 aromatic heterocycles. The zero-order valence-corrected chi connectivity index (χ0v) is 15.9. The monoisotopic (exact) mass is 409 g/mol. The van der Waals surface area contributed by atoms with E-state index in [1.165, 1.54) is 11.9 Å². The Morgan fingerprint density at radius 3 is 2.56 bits per heavy atom. The summed E-state index contributed by atoms with van der Waals surface area (Å²) in [5, 5.41) is 14.7. The van der Waals surface area contributed by atoms with Crippen LogP contribution in [-0.2, 0) is 20.9 Å². The summed E-state index contributed by atoms with van der Waals surface area (Å²) in [6.07, 6.45) is 0.493. The highest BCUT2D eigenvalue weighted by Crippen LogP contribution is 2.17. The van der Waals surface area contributed by atoms with Gasteiger partial charge in [-0.1, -0.05) is 29.8 Å². The van der Waals surface area contributed by atoms with Crippen molar-refractivity contribution in [3.63, 3.8) is 0 Å². The van der Waals surface area contributed by atoms with E-state index >= 15 is 0 Å². The van der Waals surface area contributed by atoms with Crippen LogP contribution in [0.1, 0.15) is 20.3 Å². The fourth-order valence-electron chi connectivity index (χ4n) is 2.22. The SMILES string of the molecule is COC(=O)[C@H](CC(C)C)NC(=O)Cn1nnc(-c2ccc(Br)cc2)n1. The summed E-state index contributed by atoms with van der Waals surface area (Å²) in [5.41, 5.74) is 0.794. The van der Waals surface area contributed by atoms with Crippen LogP contribution in [0.2, 0.25) is 0 Å². The zero-order chi connectivity index (χ0) is 18.4. The van der Waals surface area contributed by atoms with Crippen molar-refractivity contribution >= 4 is 27.8 Å². The molecule has 0 radical (unpaired) electrons. The molecule has 0 spiro atoms. The Balaban J connectivity index is 2.00. The molecule has 0 aliphatic carbocycles. The lowest BCUT2D eigenvalue weighted by Crippen LogP contribution is -2.43. The fourth-order valence-corrected chi connectivity index (χ4v) is 2.49. The predicted octanol–water partition coefficient (Wildman–Crippen LogP) is 1.81. The third-order valence-corrected chi connectivity index (χ3v) is 3.90. The average molecular weight is 410 g/mol. The van der Waals surface area contributed by atoms with Crippen LogP contribution in [0, 0.1) is 5.92 Å². The van der Waals surface area contributed by atoms with Crippen LogP contribution < -0.4 is 5.32 Å². The van der Waals surface area contributed by atoms with Gasteiger partial charge in [-0.15, -0.1) is 10.2 Å². The quantitative estimate of drug-likeness (QED) is 0.699. The lowest BCUT2D eigenvalue weighted by molar-refractivity contribution is -0.145. The number of methoxy groups -OCH3 is 1. The average Bonchev–Trinajstić information content (AvgIpc) is 3.02. The van der Waals surface area contributed by atoms with Crippen LogP contribution in [-0.4, -0.2) is 45.2 Å². The summed E-state index contributed by atoms with van der Waals surface area (Å²) in [5.74, 6) is -0.190. The molecule has 134 valence electrons. The van der Waals surface area contributed by atoms with Crippen molar-refractivity contribution in [2.45, 2.75) is 32.9 Å². The van der Waals surface area contributed by atoms with Crippen LogP contribution in [0.5, 0.6) is 0 Å². The molecule has 1 aromatic carbocycles. The first-order valence-corrected chi connectivity index (χ1v) is 8.59. The number of hydrogen-bond donors (Lipinski definition) is 1. The Kier molecular flexibility index (Phi) is 6.63. The number of carbonyl (C=O) groups is 2. The molecular formula is C16H20BrN5O3. The van der Waals surface area contributed by atoms with E-state index in [2.05, 4.69) is 36.7 Å². The number of amides is 1. The first-order chi connectivity index (χ1) is 11.9. The first kappa shape index (κ1) is 19.0. The summed E-state index contributed by atoms with van der Waals surface area (Å²) in [6.45, 7) is 3.80. The van der Waals surface area contributed by atoms with Gasteiger partial charge in [-0.05, 0) is 41.8 Å². The van der Waals surface area contributed by atoms with Gasteiger partial charge in [0.1, 0.15) is 12.6 Å². The Hall–Kier alpha value is -2.29. The Morgan fingerprint density at radius 2 is 1.96 bits per heavy atom. The van der Waals surface area contributed by atoms with Gasteiger partial charge in [-0.2, -0.15) is 4.80 Å². The van der Waals surface area contributed by atoms with Crippen molar-refractivity contribution in [2.24, 2.45) is 5.92 Å².